The van der Waals surface area contributed by atoms with Crippen molar-refractivity contribution in [2.24, 2.45) is 0 Å². The fourth-order valence-electron chi connectivity index (χ4n) is 4.95. The van der Waals surface area contributed by atoms with Crippen LogP contribution in [0.4, 0.5) is 0 Å². The summed E-state index contributed by atoms with van der Waals surface area (Å²) in [6.45, 7) is 8.55. The molecule has 0 saturated carbocycles. The van der Waals surface area contributed by atoms with Gasteiger partial charge in [0, 0.05) is 25.1 Å². The number of esters is 1. The minimum atomic E-state index is -0.425. The highest BCUT2D eigenvalue weighted by atomic mass is 16.6. The summed E-state index contributed by atoms with van der Waals surface area (Å²) in [6, 6.07) is 4.11. The van der Waals surface area contributed by atoms with E-state index in [0.29, 0.717) is 13.0 Å². The Hall–Kier alpha value is -2.05. The van der Waals surface area contributed by atoms with Crippen LogP contribution >= 0.6 is 0 Å². The molecule has 6 heteroatoms. The highest BCUT2D eigenvalue weighted by Crippen LogP contribution is 2.54. The summed E-state index contributed by atoms with van der Waals surface area (Å²) in [4.78, 5) is 14.7. The van der Waals surface area contributed by atoms with Crippen molar-refractivity contribution in [2.75, 3.05) is 27.3 Å². The number of nitrogens with zero attached hydrogens (tertiary/aromatic N) is 1. The van der Waals surface area contributed by atoms with Gasteiger partial charge in [0.1, 0.15) is 12.2 Å². The third-order valence-electron chi connectivity index (χ3n) is 6.50. The number of carbonyl (C=O) groups excluding carboxylic acids is 1. The number of hydrogen-bond donors (Lipinski definition) is 0. The SMILES string of the molecule is C=C[C@@]12CCN(C)Cc3ccc(OC)c(c31)O[C@H]2C[C@H](C)OC(=O)C1CCCO1. The highest BCUT2D eigenvalue weighted by molar-refractivity contribution is 5.75. The number of methoxy groups -OCH3 is 1. The quantitative estimate of drug-likeness (QED) is 0.539. The molecule has 0 aliphatic carbocycles. The molecule has 1 unspecified atom stereocenters. The van der Waals surface area contributed by atoms with Gasteiger partial charge in [0.25, 0.3) is 0 Å². The van der Waals surface area contributed by atoms with E-state index in [1.807, 2.05) is 19.1 Å². The van der Waals surface area contributed by atoms with Crippen LogP contribution in [0.3, 0.4) is 0 Å². The Bertz CT molecular complexity index is 788. The predicted octanol–water partition coefficient (Wildman–Crippen LogP) is 3.22. The molecule has 1 aromatic carbocycles. The molecule has 1 fully saturated rings. The lowest BCUT2D eigenvalue weighted by Crippen LogP contribution is -2.41. The van der Waals surface area contributed by atoms with Crippen LogP contribution < -0.4 is 9.47 Å². The van der Waals surface area contributed by atoms with Gasteiger partial charge in [-0.3, -0.25) is 0 Å². The smallest absolute Gasteiger partial charge is 0.335 e. The fourth-order valence-corrected chi connectivity index (χ4v) is 4.95. The second-order valence-corrected chi connectivity index (χ2v) is 8.45. The zero-order chi connectivity index (χ0) is 20.6. The summed E-state index contributed by atoms with van der Waals surface area (Å²) in [7, 11) is 3.80. The second-order valence-electron chi connectivity index (χ2n) is 8.45. The van der Waals surface area contributed by atoms with E-state index < -0.39 is 6.10 Å². The second kappa shape index (κ2) is 8.00. The van der Waals surface area contributed by atoms with E-state index in [1.54, 1.807) is 7.11 Å². The summed E-state index contributed by atoms with van der Waals surface area (Å²) in [5.74, 6) is 1.28. The van der Waals surface area contributed by atoms with Gasteiger partial charge in [-0.2, -0.15) is 0 Å². The summed E-state index contributed by atoms with van der Waals surface area (Å²) in [6.07, 6.45) is 4.29. The van der Waals surface area contributed by atoms with Gasteiger partial charge >= 0.3 is 5.97 Å². The number of benzene rings is 1. The van der Waals surface area contributed by atoms with Crippen LogP contribution in [0.2, 0.25) is 0 Å². The Morgan fingerprint density at radius 2 is 2.31 bits per heavy atom. The van der Waals surface area contributed by atoms with Crippen molar-refractivity contribution in [1.82, 2.24) is 4.90 Å². The molecule has 0 bridgehead atoms. The van der Waals surface area contributed by atoms with Crippen molar-refractivity contribution in [3.63, 3.8) is 0 Å². The van der Waals surface area contributed by atoms with Gasteiger partial charge in [-0.25, -0.2) is 4.79 Å². The number of rotatable bonds is 6. The van der Waals surface area contributed by atoms with E-state index in [1.165, 1.54) is 11.1 Å². The van der Waals surface area contributed by atoms with Gasteiger partial charge in [-0.05, 0) is 51.4 Å². The van der Waals surface area contributed by atoms with E-state index in [9.17, 15) is 4.79 Å². The Morgan fingerprint density at radius 3 is 3.00 bits per heavy atom. The van der Waals surface area contributed by atoms with Crippen molar-refractivity contribution in [1.29, 1.82) is 0 Å². The Balaban J connectivity index is 1.60. The van der Waals surface area contributed by atoms with Crippen LogP contribution in [0.1, 0.15) is 43.7 Å². The van der Waals surface area contributed by atoms with E-state index in [0.717, 1.165) is 43.9 Å². The molecule has 1 aromatic rings. The maximum Gasteiger partial charge on any atom is 0.335 e. The zero-order valence-corrected chi connectivity index (χ0v) is 17.6. The van der Waals surface area contributed by atoms with Gasteiger partial charge in [0.15, 0.2) is 17.6 Å². The average molecular weight is 402 g/mol. The maximum atomic E-state index is 12.4. The van der Waals surface area contributed by atoms with E-state index in [4.69, 9.17) is 18.9 Å². The van der Waals surface area contributed by atoms with Crippen molar-refractivity contribution in [3.05, 3.63) is 35.9 Å². The fraction of sp³-hybridized carbons (Fsp3) is 0.609. The average Bonchev–Trinajstić information content (AvgIpc) is 3.30. The van der Waals surface area contributed by atoms with Crippen molar-refractivity contribution < 1.29 is 23.7 Å². The molecular weight excluding hydrogens is 370 g/mol. The number of carbonyl (C=O) groups is 1. The molecule has 0 aromatic heterocycles. The first-order valence-electron chi connectivity index (χ1n) is 10.5. The summed E-state index contributed by atoms with van der Waals surface area (Å²) in [5.41, 5.74) is 2.10. The molecule has 3 aliphatic rings. The van der Waals surface area contributed by atoms with Gasteiger partial charge < -0.3 is 23.8 Å². The van der Waals surface area contributed by atoms with Crippen LogP contribution in [0.15, 0.2) is 24.8 Å². The van der Waals surface area contributed by atoms with E-state index >= 15 is 0 Å². The molecule has 6 nitrogen and oxygen atoms in total. The van der Waals surface area contributed by atoms with E-state index in [2.05, 4.69) is 24.6 Å². The Kier molecular flexibility index (Phi) is 5.58. The van der Waals surface area contributed by atoms with Gasteiger partial charge in [0.05, 0.1) is 12.5 Å². The molecule has 3 heterocycles. The zero-order valence-electron chi connectivity index (χ0n) is 17.6. The molecule has 0 spiro atoms. The molecule has 0 N–H and O–H groups in total. The lowest BCUT2D eigenvalue weighted by Gasteiger charge is -2.33. The largest absolute Gasteiger partial charge is 0.493 e. The first-order chi connectivity index (χ1) is 14.0. The molecule has 3 aliphatic heterocycles. The topological polar surface area (TPSA) is 57.2 Å². The molecule has 0 radical (unpaired) electrons. The molecule has 4 rings (SSSR count). The molecule has 4 atom stereocenters. The first kappa shape index (κ1) is 20.2. The summed E-state index contributed by atoms with van der Waals surface area (Å²) >= 11 is 0. The molecular formula is C23H31NO5. The third kappa shape index (κ3) is 3.53. The first-order valence-corrected chi connectivity index (χ1v) is 10.5. The Labute approximate surface area is 172 Å². The third-order valence-corrected chi connectivity index (χ3v) is 6.50. The molecule has 29 heavy (non-hydrogen) atoms. The monoisotopic (exact) mass is 401 g/mol. The lowest BCUT2D eigenvalue weighted by atomic mass is 9.72. The summed E-state index contributed by atoms with van der Waals surface area (Å²) < 4.78 is 23.2. The van der Waals surface area contributed by atoms with Gasteiger partial charge in [0.2, 0.25) is 0 Å². The normalized spacial score (nSPS) is 29.5. The number of ether oxygens (including phenoxy) is 4. The van der Waals surface area contributed by atoms with Crippen molar-refractivity contribution >= 4 is 5.97 Å². The molecule has 158 valence electrons. The minimum Gasteiger partial charge on any atom is -0.493 e. The van der Waals surface area contributed by atoms with Crippen LogP contribution in [0, 0.1) is 0 Å². The van der Waals surface area contributed by atoms with Gasteiger partial charge in [-0.1, -0.05) is 12.1 Å². The summed E-state index contributed by atoms with van der Waals surface area (Å²) in [5, 5.41) is 0. The van der Waals surface area contributed by atoms with Crippen LogP contribution in [0.5, 0.6) is 11.5 Å². The molecule has 0 amide bonds. The molecule has 1 saturated heterocycles. The minimum absolute atomic E-state index is 0.163. The number of hydrogen-bond acceptors (Lipinski definition) is 6. The standard InChI is InChI=1S/C23H31NO5/c1-5-23-10-11-24(3)14-16-8-9-17(26-4)21(20(16)23)29-19(23)13-15(2)28-22(25)18-7-6-12-27-18/h5,8-9,15,18-19H,1,6-7,10-14H2,2-4H3/t15-,18?,19-,23-/m0/s1. The lowest BCUT2D eigenvalue weighted by molar-refractivity contribution is -0.160. The highest BCUT2D eigenvalue weighted by Gasteiger charge is 2.51. The van der Waals surface area contributed by atoms with Crippen LogP contribution in [-0.2, 0) is 26.2 Å². The van der Waals surface area contributed by atoms with Crippen LogP contribution in [0.25, 0.3) is 0 Å². The van der Waals surface area contributed by atoms with E-state index in [-0.39, 0.29) is 23.6 Å². The van der Waals surface area contributed by atoms with Crippen molar-refractivity contribution in [3.8, 4) is 11.5 Å². The van der Waals surface area contributed by atoms with Gasteiger partial charge in [-0.15, -0.1) is 6.58 Å². The van der Waals surface area contributed by atoms with Crippen LogP contribution in [-0.4, -0.2) is 56.5 Å². The van der Waals surface area contributed by atoms with Crippen molar-refractivity contribution in [2.45, 2.75) is 62.9 Å². The predicted molar refractivity (Wildman–Crippen MR) is 109 cm³/mol. The Morgan fingerprint density at radius 1 is 1.48 bits per heavy atom. The maximum absolute atomic E-state index is 12.4.